The minimum atomic E-state index is 0.500. The Kier molecular flexibility index (Phi) is 24.0. The fraction of sp³-hybridized carbons (Fsp3) is 0.400. The molecule has 0 aromatic heterocycles. The second-order valence-electron chi connectivity index (χ2n) is 3.81. The van der Waals surface area contributed by atoms with Crippen molar-refractivity contribution in [3.05, 3.63) is 71.3 Å². The molecule has 0 nitrogen and oxygen atoms in total. The molecule has 0 aliphatic heterocycles. The van der Waals surface area contributed by atoms with Crippen LogP contribution in [0.15, 0.2) is 54.6 Å². The van der Waals surface area contributed by atoms with Gasteiger partial charge in [-0.1, -0.05) is 99.0 Å². The maximum Gasteiger partial charge on any atom is 0.0785 e. The molecule has 0 saturated carbocycles. The van der Waals surface area contributed by atoms with E-state index in [1.807, 2.05) is 45.9 Å². The smallest absolute Gasteiger partial charge is 0.0785 e. The summed E-state index contributed by atoms with van der Waals surface area (Å²) in [6.45, 7) is 14.3. The predicted molar refractivity (Wildman–Crippen MR) is 96.8 cm³/mol. The van der Waals surface area contributed by atoms with Gasteiger partial charge in [0.2, 0.25) is 0 Å². The zero-order valence-corrected chi connectivity index (χ0v) is 15.1. The zero-order valence-electron chi connectivity index (χ0n) is 15.1. The van der Waals surface area contributed by atoms with Crippen molar-refractivity contribution in [2.45, 2.75) is 48.5 Å². The third kappa shape index (κ3) is 18.4. The highest BCUT2D eigenvalue weighted by molar-refractivity contribution is 5.19. The summed E-state index contributed by atoms with van der Waals surface area (Å²) in [5.74, 6) is 0. The largest absolute Gasteiger partial charge is 0.255 e. The average Bonchev–Trinajstić information content (AvgIpc) is 2.57. The quantitative estimate of drug-likeness (QED) is 0.493. The molecule has 0 saturated heterocycles. The molecule has 0 N–H and O–H groups in total. The van der Waals surface area contributed by atoms with Crippen LogP contribution < -0.4 is 0 Å². The third-order valence-corrected chi connectivity index (χ3v) is 2.16. The van der Waals surface area contributed by atoms with Gasteiger partial charge in [-0.25, -0.2) is 0 Å². The van der Waals surface area contributed by atoms with Crippen molar-refractivity contribution >= 4 is 0 Å². The first kappa shape index (κ1) is 24.4. The molecule has 2 aromatic carbocycles. The number of halogens is 1. The van der Waals surface area contributed by atoms with E-state index in [1.165, 1.54) is 16.7 Å². The van der Waals surface area contributed by atoms with Crippen LogP contribution in [-0.4, -0.2) is 7.18 Å². The van der Waals surface area contributed by atoms with Gasteiger partial charge in [0, 0.05) is 0 Å². The van der Waals surface area contributed by atoms with Gasteiger partial charge in [-0.15, -0.1) is 0 Å². The Morgan fingerprint density at radius 3 is 0.905 bits per heavy atom. The highest BCUT2D eigenvalue weighted by atomic mass is 19.1. The van der Waals surface area contributed by atoms with Crippen LogP contribution in [0.1, 0.15) is 44.4 Å². The molecule has 0 atom stereocenters. The summed E-state index contributed by atoms with van der Waals surface area (Å²) in [7, 11) is 0.500. The standard InChI is InChI=1S/C8H10.C7H8.2C2H6.CH3F/c1-7-3-5-8(2)6-4-7;1-7-5-3-2-4-6-7;3*1-2/h3-6H,1-2H3;2-6H,1H3;2*1-2H3;1H3. The molecule has 21 heavy (non-hydrogen) atoms. The van der Waals surface area contributed by atoms with Crippen LogP contribution in [0.2, 0.25) is 0 Å². The first-order valence-electron chi connectivity index (χ1n) is 7.61. The van der Waals surface area contributed by atoms with Gasteiger partial charge < -0.3 is 0 Å². The van der Waals surface area contributed by atoms with Crippen LogP contribution in [0.5, 0.6) is 0 Å². The summed E-state index contributed by atoms with van der Waals surface area (Å²) in [6.07, 6.45) is 0. The van der Waals surface area contributed by atoms with Gasteiger partial charge >= 0.3 is 0 Å². The lowest BCUT2D eigenvalue weighted by molar-refractivity contribution is 0.636. The Hall–Kier alpha value is -1.63. The van der Waals surface area contributed by atoms with E-state index in [2.05, 4.69) is 57.2 Å². The van der Waals surface area contributed by atoms with Crippen molar-refractivity contribution in [2.75, 3.05) is 7.18 Å². The second-order valence-corrected chi connectivity index (χ2v) is 3.81. The van der Waals surface area contributed by atoms with Crippen molar-refractivity contribution in [1.29, 1.82) is 0 Å². The summed E-state index contributed by atoms with van der Waals surface area (Å²) >= 11 is 0. The SMILES string of the molecule is CC.CC.CF.Cc1ccc(C)cc1.Cc1ccccc1. The molecule has 0 aliphatic carbocycles. The molecule has 1 heteroatoms. The molecule has 0 unspecified atom stereocenters. The van der Waals surface area contributed by atoms with E-state index in [4.69, 9.17) is 0 Å². The van der Waals surface area contributed by atoms with E-state index < -0.39 is 0 Å². The number of hydrogen-bond acceptors (Lipinski definition) is 0. The molecule has 2 rings (SSSR count). The fourth-order valence-corrected chi connectivity index (χ4v) is 1.17. The normalized spacial score (nSPS) is 7.29. The Labute approximate surface area is 132 Å². The van der Waals surface area contributed by atoms with Crippen molar-refractivity contribution in [2.24, 2.45) is 0 Å². The maximum atomic E-state index is 9.50. The molecule has 0 aliphatic rings. The maximum absolute atomic E-state index is 9.50. The summed E-state index contributed by atoms with van der Waals surface area (Å²) in [6, 6.07) is 18.7. The Balaban J connectivity index is -0.000000229. The number of benzene rings is 2. The molecule has 0 amide bonds. The Morgan fingerprint density at radius 1 is 0.476 bits per heavy atom. The third-order valence-electron chi connectivity index (χ3n) is 2.16. The molecule has 0 fully saturated rings. The number of alkyl halides is 1. The lowest BCUT2D eigenvalue weighted by Crippen LogP contribution is -1.70. The molecular formula is C20H33F. The van der Waals surface area contributed by atoms with E-state index in [1.54, 1.807) is 0 Å². The van der Waals surface area contributed by atoms with E-state index in [-0.39, 0.29) is 0 Å². The van der Waals surface area contributed by atoms with Crippen molar-refractivity contribution in [3.63, 3.8) is 0 Å². The highest BCUT2D eigenvalue weighted by Gasteiger charge is 1.79. The summed E-state index contributed by atoms with van der Waals surface area (Å²) < 4.78 is 9.50. The molecular weight excluding hydrogens is 259 g/mol. The van der Waals surface area contributed by atoms with Crippen LogP contribution >= 0.6 is 0 Å². The van der Waals surface area contributed by atoms with E-state index >= 15 is 0 Å². The predicted octanol–water partition coefficient (Wildman–Crippen LogP) is 6.94. The van der Waals surface area contributed by atoms with Crippen LogP contribution in [0, 0.1) is 20.8 Å². The lowest BCUT2D eigenvalue weighted by Gasteiger charge is -1.90. The van der Waals surface area contributed by atoms with Gasteiger partial charge in [0.25, 0.3) is 0 Å². The van der Waals surface area contributed by atoms with Crippen LogP contribution in [0.25, 0.3) is 0 Å². The van der Waals surface area contributed by atoms with Gasteiger partial charge in [0.1, 0.15) is 0 Å². The Morgan fingerprint density at radius 2 is 0.714 bits per heavy atom. The number of aryl methyl sites for hydroxylation is 3. The van der Waals surface area contributed by atoms with Gasteiger partial charge in [0.15, 0.2) is 0 Å². The van der Waals surface area contributed by atoms with Crippen LogP contribution in [-0.2, 0) is 0 Å². The fourth-order valence-electron chi connectivity index (χ4n) is 1.17. The minimum absolute atomic E-state index is 0.500. The highest BCUT2D eigenvalue weighted by Crippen LogP contribution is 1.99. The number of rotatable bonds is 0. The zero-order chi connectivity index (χ0) is 17.1. The van der Waals surface area contributed by atoms with Gasteiger partial charge in [-0.05, 0) is 20.8 Å². The first-order valence-corrected chi connectivity index (χ1v) is 7.61. The molecule has 0 spiro atoms. The van der Waals surface area contributed by atoms with E-state index in [9.17, 15) is 4.39 Å². The van der Waals surface area contributed by atoms with E-state index in [0.717, 1.165) is 0 Å². The molecule has 120 valence electrons. The monoisotopic (exact) mass is 292 g/mol. The summed E-state index contributed by atoms with van der Waals surface area (Å²) in [5.41, 5.74) is 3.98. The van der Waals surface area contributed by atoms with Gasteiger partial charge in [0.05, 0.1) is 7.18 Å². The first-order chi connectivity index (χ1) is 10.2. The molecule has 2 aromatic rings. The summed E-state index contributed by atoms with van der Waals surface area (Å²) in [4.78, 5) is 0. The van der Waals surface area contributed by atoms with Crippen LogP contribution in [0.4, 0.5) is 4.39 Å². The van der Waals surface area contributed by atoms with Crippen molar-refractivity contribution in [1.82, 2.24) is 0 Å². The minimum Gasteiger partial charge on any atom is -0.255 e. The summed E-state index contributed by atoms with van der Waals surface area (Å²) in [5, 5.41) is 0. The van der Waals surface area contributed by atoms with Crippen molar-refractivity contribution in [3.8, 4) is 0 Å². The topological polar surface area (TPSA) is 0 Å². The van der Waals surface area contributed by atoms with Gasteiger partial charge in [-0.2, -0.15) is 0 Å². The van der Waals surface area contributed by atoms with Crippen molar-refractivity contribution < 1.29 is 4.39 Å². The Bertz CT molecular complexity index is 355. The van der Waals surface area contributed by atoms with Crippen LogP contribution in [0.3, 0.4) is 0 Å². The number of hydrogen-bond donors (Lipinski definition) is 0. The molecule has 0 heterocycles. The molecule has 0 radical (unpaired) electrons. The average molecular weight is 292 g/mol. The molecule has 0 bridgehead atoms. The van der Waals surface area contributed by atoms with Gasteiger partial charge in [-0.3, -0.25) is 4.39 Å². The second kappa shape index (κ2) is 20.7. The lowest BCUT2D eigenvalue weighted by atomic mass is 10.2. The van der Waals surface area contributed by atoms with E-state index in [0.29, 0.717) is 7.18 Å².